The molecule has 0 saturated carbocycles. The lowest BCUT2D eigenvalue weighted by molar-refractivity contribution is -0.147. The molecule has 1 amide bonds. The number of rotatable bonds is 8. The lowest BCUT2D eigenvalue weighted by Crippen LogP contribution is -2.31. The first kappa shape index (κ1) is 13.9. The van der Waals surface area contributed by atoms with Crippen LogP contribution in [0.2, 0.25) is 0 Å². The van der Waals surface area contributed by atoms with E-state index in [-0.39, 0.29) is 18.9 Å². The Morgan fingerprint density at radius 3 is 2.53 bits per heavy atom. The second kappa shape index (κ2) is 8.19. The van der Waals surface area contributed by atoms with Crippen LogP contribution in [0.5, 0.6) is 0 Å². The molecule has 15 heavy (non-hydrogen) atoms. The van der Waals surface area contributed by atoms with Gasteiger partial charge in [-0.2, -0.15) is 0 Å². The minimum absolute atomic E-state index is 0.0300. The van der Waals surface area contributed by atoms with Gasteiger partial charge in [0.15, 0.2) is 6.10 Å². The summed E-state index contributed by atoms with van der Waals surface area (Å²) in [5.74, 6) is -1.41. The molecule has 0 aromatic rings. The molecule has 1 unspecified atom stereocenters. The molecule has 0 radical (unpaired) electrons. The van der Waals surface area contributed by atoms with E-state index in [1.54, 1.807) is 0 Å². The fourth-order valence-corrected chi connectivity index (χ4v) is 0.939. The van der Waals surface area contributed by atoms with Crippen LogP contribution in [0.3, 0.4) is 0 Å². The highest BCUT2D eigenvalue weighted by atomic mass is 16.4. The Balaban J connectivity index is 3.42. The quantitative estimate of drug-likeness (QED) is 0.389. The number of carbonyl (C=O) groups excluding carboxylic acids is 1. The van der Waals surface area contributed by atoms with E-state index in [0.717, 1.165) is 6.54 Å². The Bertz CT molecular complexity index is 208. The number of carboxylic acid groups (broad SMARTS) is 1. The predicted molar refractivity (Wildman–Crippen MR) is 54.4 cm³/mol. The highest BCUT2D eigenvalue weighted by Gasteiger charge is 2.12. The Labute approximate surface area is 88.7 Å². The van der Waals surface area contributed by atoms with Crippen LogP contribution >= 0.6 is 0 Å². The zero-order chi connectivity index (χ0) is 11.7. The minimum Gasteiger partial charge on any atom is -0.479 e. The molecule has 0 spiro atoms. The molecule has 0 aromatic heterocycles. The number of aliphatic hydroxyl groups excluding tert-OH is 1. The smallest absolute Gasteiger partial charge is 0.332 e. The summed E-state index contributed by atoms with van der Waals surface area (Å²) in [5, 5.41) is 22.8. The second-order valence-corrected chi connectivity index (χ2v) is 3.10. The summed E-state index contributed by atoms with van der Waals surface area (Å²) in [6.45, 7) is 3.54. The first-order valence-electron chi connectivity index (χ1n) is 4.96. The number of carbonyl (C=O) groups is 2. The van der Waals surface area contributed by atoms with Gasteiger partial charge in [-0.3, -0.25) is 4.79 Å². The maximum Gasteiger partial charge on any atom is 0.332 e. The van der Waals surface area contributed by atoms with E-state index in [2.05, 4.69) is 10.6 Å². The van der Waals surface area contributed by atoms with Crippen molar-refractivity contribution in [1.82, 2.24) is 10.6 Å². The molecule has 0 aliphatic heterocycles. The SMILES string of the molecule is CCNCCC(=O)NCCC(O)C(=O)O. The average molecular weight is 218 g/mol. The third-order valence-corrected chi connectivity index (χ3v) is 1.80. The topological polar surface area (TPSA) is 98.7 Å². The van der Waals surface area contributed by atoms with E-state index in [1.165, 1.54) is 0 Å². The number of nitrogens with one attached hydrogen (secondary N) is 2. The van der Waals surface area contributed by atoms with Crippen LogP contribution in [-0.4, -0.2) is 47.8 Å². The third kappa shape index (κ3) is 7.90. The highest BCUT2D eigenvalue weighted by Crippen LogP contribution is 1.89. The van der Waals surface area contributed by atoms with Crippen LogP contribution in [0.1, 0.15) is 19.8 Å². The first-order chi connectivity index (χ1) is 7.07. The molecule has 6 heteroatoms. The summed E-state index contributed by atoms with van der Waals surface area (Å²) in [6.07, 6.45) is -1.02. The largest absolute Gasteiger partial charge is 0.479 e. The van der Waals surface area contributed by atoms with Crippen molar-refractivity contribution in [2.24, 2.45) is 0 Å². The molecular formula is C9H18N2O4. The monoisotopic (exact) mass is 218 g/mol. The summed E-state index contributed by atoms with van der Waals surface area (Å²) < 4.78 is 0. The van der Waals surface area contributed by atoms with Gasteiger partial charge in [0.2, 0.25) is 5.91 Å². The molecular weight excluding hydrogens is 200 g/mol. The summed E-state index contributed by atoms with van der Waals surface area (Å²) in [5.41, 5.74) is 0. The van der Waals surface area contributed by atoms with Crippen molar-refractivity contribution in [2.75, 3.05) is 19.6 Å². The van der Waals surface area contributed by atoms with Crippen molar-refractivity contribution in [1.29, 1.82) is 0 Å². The maximum atomic E-state index is 11.1. The Morgan fingerprint density at radius 2 is 2.00 bits per heavy atom. The number of hydrogen-bond acceptors (Lipinski definition) is 4. The van der Waals surface area contributed by atoms with Crippen LogP contribution < -0.4 is 10.6 Å². The van der Waals surface area contributed by atoms with E-state index in [0.29, 0.717) is 13.0 Å². The highest BCUT2D eigenvalue weighted by molar-refractivity contribution is 5.76. The van der Waals surface area contributed by atoms with E-state index >= 15 is 0 Å². The molecule has 6 nitrogen and oxygen atoms in total. The van der Waals surface area contributed by atoms with Gasteiger partial charge in [0, 0.05) is 25.9 Å². The predicted octanol–water partition coefficient (Wildman–Crippen LogP) is -1.06. The Morgan fingerprint density at radius 1 is 1.33 bits per heavy atom. The van der Waals surface area contributed by atoms with Gasteiger partial charge >= 0.3 is 5.97 Å². The number of aliphatic hydroxyl groups is 1. The van der Waals surface area contributed by atoms with Crippen LogP contribution in [0, 0.1) is 0 Å². The van der Waals surface area contributed by atoms with E-state index in [1.807, 2.05) is 6.92 Å². The van der Waals surface area contributed by atoms with E-state index in [9.17, 15) is 9.59 Å². The number of carboxylic acids is 1. The molecule has 0 aromatic carbocycles. The standard InChI is InChI=1S/C9H18N2O4/c1-2-10-5-4-8(13)11-6-3-7(12)9(14)15/h7,10,12H,2-6H2,1H3,(H,11,13)(H,14,15). The van der Waals surface area contributed by atoms with Gasteiger partial charge in [-0.15, -0.1) is 0 Å². The Kier molecular flexibility index (Phi) is 7.57. The van der Waals surface area contributed by atoms with Gasteiger partial charge < -0.3 is 20.8 Å². The molecule has 0 heterocycles. The average Bonchev–Trinajstić information content (AvgIpc) is 2.18. The van der Waals surface area contributed by atoms with Gasteiger partial charge in [-0.25, -0.2) is 4.79 Å². The van der Waals surface area contributed by atoms with Crippen LogP contribution in [0.4, 0.5) is 0 Å². The lowest BCUT2D eigenvalue weighted by atomic mass is 10.2. The number of aliphatic carboxylic acids is 1. The molecule has 0 aliphatic carbocycles. The summed E-state index contributed by atoms with van der Waals surface area (Å²) in [7, 11) is 0. The lowest BCUT2D eigenvalue weighted by Gasteiger charge is -2.07. The van der Waals surface area contributed by atoms with E-state index in [4.69, 9.17) is 10.2 Å². The van der Waals surface area contributed by atoms with Crippen molar-refractivity contribution < 1.29 is 19.8 Å². The molecule has 4 N–H and O–H groups in total. The fourth-order valence-electron chi connectivity index (χ4n) is 0.939. The number of hydrogen-bond donors (Lipinski definition) is 4. The minimum atomic E-state index is -1.40. The summed E-state index contributed by atoms with van der Waals surface area (Å²) >= 11 is 0. The van der Waals surface area contributed by atoms with Crippen molar-refractivity contribution in [3.8, 4) is 0 Å². The van der Waals surface area contributed by atoms with Crippen LogP contribution in [-0.2, 0) is 9.59 Å². The molecule has 1 atom stereocenters. The van der Waals surface area contributed by atoms with Gasteiger partial charge in [0.25, 0.3) is 0 Å². The second-order valence-electron chi connectivity index (χ2n) is 3.10. The Hall–Kier alpha value is -1.14. The van der Waals surface area contributed by atoms with Crippen molar-refractivity contribution in [3.63, 3.8) is 0 Å². The van der Waals surface area contributed by atoms with Gasteiger partial charge in [0.05, 0.1) is 0 Å². The van der Waals surface area contributed by atoms with Crippen LogP contribution in [0.15, 0.2) is 0 Å². The molecule has 0 fully saturated rings. The zero-order valence-corrected chi connectivity index (χ0v) is 8.82. The van der Waals surface area contributed by atoms with Crippen LogP contribution in [0.25, 0.3) is 0 Å². The molecule has 0 aliphatic rings. The van der Waals surface area contributed by atoms with Crippen molar-refractivity contribution in [3.05, 3.63) is 0 Å². The first-order valence-corrected chi connectivity index (χ1v) is 4.96. The molecule has 0 rings (SSSR count). The summed E-state index contributed by atoms with van der Waals surface area (Å²) in [4.78, 5) is 21.3. The maximum absolute atomic E-state index is 11.1. The summed E-state index contributed by atoms with van der Waals surface area (Å²) in [6, 6.07) is 0. The molecule has 0 saturated heterocycles. The molecule has 0 bridgehead atoms. The molecule has 88 valence electrons. The van der Waals surface area contributed by atoms with Gasteiger partial charge in [0.1, 0.15) is 0 Å². The van der Waals surface area contributed by atoms with E-state index < -0.39 is 12.1 Å². The van der Waals surface area contributed by atoms with Gasteiger partial charge in [-0.1, -0.05) is 6.92 Å². The van der Waals surface area contributed by atoms with Crippen molar-refractivity contribution in [2.45, 2.75) is 25.9 Å². The number of amides is 1. The normalized spacial score (nSPS) is 12.1. The third-order valence-electron chi connectivity index (χ3n) is 1.80. The fraction of sp³-hybridized carbons (Fsp3) is 0.778. The van der Waals surface area contributed by atoms with Gasteiger partial charge in [-0.05, 0) is 6.54 Å². The zero-order valence-electron chi connectivity index (χ0n) is 8.82. The van der Waals surface area contributed by atoms with Crippen molar-refractivity contribution >= 4 is 11.9 Å².